The van der Waals surface area contributed by atoms with Crippen molar-refractivity contribution in [3.63, 3.8) is 0 Å². The molecular weight excluding hydrogens is 278 g/mol. The molecule has 0 unspecified atom stereocenters. The molecule has 2 heterocycles. The van der Waals surface area contributed by atoms with Crippen LogP contribution in [0.2, 0.25) is 0 Å². The van der Waals surface area contributed by atoms with E-state index in [1.807, 2.05) is 17.9 Å². The second kappa shape index (κ2) is 6.75. The highest BCUT2D eigenvalue weighted by molar-refractivity contribution is 5.95. The molecule has 0 bridgehead atoms. The zero-order valence-corrected chi connectivity index (χ0v) is 12.8. The number of hydrogen-bond donors (Lipinski definition) is 1. The van der Waals surface area contributed by atoms with Gasteiger partial charge < -0.3 is 9.64 Å². The van der Waals surface area contributed by atoms with Crippen LogP contribution in [0.4, 0.5) is 0 Å². The predicted octanol–water partition coefficient (Wildman–Crippen LogP) is 2.19. The molecule has 0 saturated carbocycles. The van der Waals surface area contributed by atoms with Crippen molar-refractivity contribution in [2.45, 2.75) is 25.9 Å². The maximum Gasteiger partial charge on any atom is 0.257 e. The van der Waals surface area contributed by atoms with Crippen molar-refractivity contribution >= 4 is 5.91 Å². The Kier molecular flexibility index (Phi) is 4.53. The number of aromatic amines is 1. The maximum absolute atomic E-state index is 12.5. The monoisotopic (exact) mass is 299 g/mol. The summed E-state index contributed by atoms with van der Waals surface area (Å²) in [6, 6.07) is 10.4. The fraction of sp³-hybridized carbons (Fsp3) is 0.412. The topological polar surface area (TPSA) is 58.2 Å². The third-order valence-corrected chi connectivity index (χ3v) is 4.08. The van der Waals surface area contributed by atoms with E-state index in [4.69, 9.17) is 4.74 Å². The summed E-state index contributed by atoms with van der Waals surface area (Å²) in [6.45, 7) is 3.76. The molecule has 3 rings (SSSR count). The quantitative estimate of drug-likeness (QED) is 0.941. The molecule has 1 atom stereocenters. The van der Waals surface area contributed by atoms with Gasteiger partial charge in [0.2, 0.25) is 0 Å². The Morgan fingerprint density at radius 3 is 2.95 bits per heavy atom. The number of aryl methyl sites for hydroxylation is 2. The van der Waals surface area contributed by atoms with Crippen LogP contribution in [-0.4, -0.2) is 46.8 Å². The van der Waals surface area contributed by atoms with E-state index in [0.717, 1.165) is 18.5 Å². The Morgan fingerprint density at radius 1 is 1.41 bits per heavy atom. The second-order valence-corrected chi connectivity index (χ2v) is 5.68. The van der Waals surface area contributed by atoms with Gasteiger partial charge in [-0.25, -0.2) is 0 Å². The molecule has 1 amide bonds. The summed E-state index contributed by atoms with van der Waals surface area (Å²) in [7, 11) is 0. The summed E-state index contributed by atoms with van der Waals surface area (Å²) in [4.78, 5) is 14.4. The number of nitrogens with one attached hydrogen (secondary N) is 1. The van der Waals surface area contributed by atoms with Crippen LogP contribution in [0.3, 0.4) is 0 Å². The van der Waals surface area contributed by atoms with Gasteiger partial charge >= 0.3 is 0 Å². The van der Waals surface area contributed by atoms with Crippen LogP contribution in [0.1, 0.15) is 28.0 Å². The van der Waals surface area contributed by atoms with E-state index in [1.54, 1.807) is 6.20 Å². The minimum absolute atomic E-state index is 0.0410. The zero-order valence-electron chi connectivity index (χ0n) is 12.8. The standard InChI is InChI=1S/C17H21N3O2/c1-13-16(11-18-19-13)17(21)20-9-10-22-15(12-20)8-7-14-5-3-2-4-6-14/h2-6,11,15H,7-10,12H2,1H3,(H,18,19)/t15-/m1/s1. The van der Waals surface area contributed by atoms with E-state index in [9.17, 15) is 4.79 Å². The number of rotatable bonds is 4. The van der Waals surface area contributed by atoms with Gasteiger partial charge in [0.15, 0.2) is 0 Å². The summed E-state index contributed by atoms with van der Waals surface area (Å²) in [5, 5.41) is 6.75. The number of amides is 1. The molecule has 1 aliphatic rings. The van der Waals surface area contributed by atoms with E-state index in [0.29, 0.717) is 25.3 Å². The van der Waals surface area contributed by atoms with Crippen molar-refractivity contribution in [2.75, 3.05) is 19.7 Å². The van der Waals surface area contributed by atoms with Crippen LogP contribution in [-0.2, 0) is 11.2 Å². The van der Waals surface area contributed by atoms with Crippen LogP contribution in [0.5, 0.6) is 0 Å². The minimum Gasteiger partial charge on any atom is -0.375 e. The Hall–Kier alpha value is -2.14. The average molecular weight is 299 g/mol. The first-order valence-corrected chi connectivity index (χ1v) is 7.69. The molecular formula is C17H21N3O2. The number of hydrogen-bond acceptors (Lipinski definition) is 3. The van der Waals surface area contributed by atoms with Crippen LogP contribution < -0.4 is 0 Å². The van der Waals surface area contributed by atoms with E-state index < -0.39 is 0 Å². The van der Waals surface area contributed by atoms with Gasteiger partial charge in [0.05, 0.1) is 24.5 Å². The SMILES string of the molecule is Cc1[nH]ncc1C(=O)N1CCO[C@H](CCc2ccccc2)C1. The highest BCUT2D eigenvalue weighted by Gasteiger charge is 2.26. The van der Waals surface area contributed by atoms with Crippen LogP contribution in [0, 0.1) is 6.92 Å². The first-order valence-electron chi connectivity index (χ1n) is 7.69. The average Bonchev–Trinajstić information content (AvgIpc) is 2.99. The Bertz CT molecular complexity index is 624. The molecule has 1 aromatic heterocycles. The number of morpholine rings is 1. The predicted molar refractivity (Wildman–Crippen MR) is 83.7 cm³/mol. The lowest BCUT2D eigenvalue weighted by Gasteiger charge is -2.33. The molecule has 1 aromatic carbocycles. The van der Waals surface area contributed by atoms with Gasteiger partial charge in [0, 0.05) is 18.8 Å². The van der Waals surface area contributed by atoms with Crippen molar-refractivity contribution in [3.05, 3.63) is 53.3 Å². The van der Waals surface area contributed by atoms with Gasteiger partial charge in [-0.1, -0.05) is 30.3 Å². The van der Waals surface area contributed by atoms with Crippen molar-refractivity contribution in [3.8, 4) is 0 Å². The number of ether oxygens (including phenoxy) is 1. The molecule has 1 saturated heterocycles. The third-order valence-electron chi connectivity index (χ3n) is 4.08. The van der Waals surface area contributed by atoms with E-state index >= 15 is 0 Å². The highest BCUT2D eigenvalue weighted by atomic mass is 16.5. The second-order valence-electron chi connectivity index (χ2n) is 5.68. The van der Waals surface area contributed by atoms with E-state index in [-0.39, 0.29) is 12.0 Å². The summed E-state index contributed by atoms with van der Waals surface area (Å²) in [6.07, 6.45) is 3.60. The molecule has 1 fully saturated rings. The van der Waals surface area contributed by atoms with Gasteiger partial charge in [-0.15, -0.1) is 0 Å². The minimum atomic E-state index is 0.0410. The molecule has 5 heteroatoms. The molecule has 22 heavy (non-hydrogen) atoms. The normalized spacial score (nSPS) is 18.4. The molecule has 5 nitrogen and oxygen atoms in total. The first-order chi connectivity index (χ1) is 10.7. The van der Waals surface area contributed by atoms with Gasteiger partial charge in [0.1, 0.15) is 0 Å². The Morgan fingerprint density at radius 2 is 2.23 bits per heavy atom. The van der Waals surface area contributed by atoms with Gasteiger partial charge in [-0.2, -0.15) is 5.10 Å². The number of carbonyl (C=O) groups excluding carboxylic acids is 1. The van der Waals surface area contributed by atoms with Crippen LogP contribution in [0.15, 0.2) is 36.5 Å². The van der Waals surface area contributed by atoms with Crippen molar-refractivity contribution < 1.29 is 9.53 Å². The highest BCUT2D eigenvalue weighted by Crippen LogP contribution is 2.15. The van der Waals surface area contributed by atoms with E-state index in [1.165, 1.54) is 5.56 Å². The largest absolute Gasteiger partial charge is 0.375 e. The van der Waals surface area contributed by atoms with Crippen molar-refractivity contribution in [1.82, 2.24) is 15.1 Å². The van der Waals surface area contributed by atoms with Crippen molar-refractivity contribution in [2.24, 2.45) is 0 Å². The Balaban J connectivity index is 1.57. The molecule has 1 aliphatic heterocycles. The third kappa shape index (κ3) is 3.36. The molecule has 0 aliphatic carbocycles. The molecule has 116 valence electrons. The summed E-state index contributed by atoms with van der Waals surface area (Å²) in [5.74, 6) is 0.0410. The number of benzene rings is 1. The fourth-order valence-electron chi connectivity index (χ4n) is 2.79. The van der Waals surface area contributed by atoms with Gasteiger partial charge in [0.25, 0.3) is 5.91 Å². The van der Waals surface area contributed by atoms with Gasteiger partial charge in [-0.05, 0) is 25.3 Å². The number of nitrogens with zero attached hydrogens (tertiary/aromatic N) is 2. The maximum atomic E-state index is 12.5. The number of carbonyl (C=O) groups is 1. The smallest absolute Gasteiger partial charge is 0.257 e. The lowest BCUT2D eigenvalue weighted by Crippen LogP contribution is -2.45. The van der Waals surface area contributed by atoms with Crippen molar-refractivity contribution in [1.29, 1.82) is 0 Å². The van der Waals surface area contributed by atoms with E-state index in [2.05, 4.69) is 34.5 Å². The summed E-state index contributed by atoms with van der Waals surface area (Å²) in [5.41, 5.74) is 2.78. The van der Waals surface area contributed by atoms with Gasteiger partial charge in [-0.3, -0.25) is 9.89 Å². The number of aromatic nitrogens is 2. The fourth-order valence-corrected chi connectivity index (χ4v) is 2.79. The first kappa shape index (κ1) is 14.8. The molecule has 0 radical (unpaired) electrons. The van der Waals surface area contributed by atoms with Crippen LogP contribution in [0.25, 0.3) is 0 Å². The summed E-state index contributed by atoms with van der Waals surface area (Å²) >= 11 is 0. The molecule has 1 N–H and O–H groups in total. The van der Waals surface area contributed by atoms with Crippen LogP contribution >= 0.6 is 0 Å². The lowest BCUT2D eigenvalue weighted by atomic mass is 10.1. The molecule has 0 spiro atoms. The number of H-pyrrole nitrogens is 1. The lowest BCUT2D eigenvalue weighted by molar-refractivity contribution is -0.0246. The summed E-state index contributed by atoms with van der Waals surface area (Å²) < 4.78 is 5.81. The Labute approximate surface area is 130 Å². The zero-order chi connectivity index (χ0) is 15.4. The molecule has 2 aromatic rings.